The molecule has 0 radical (unpaired) electrons. The maximum atomic E-state index is 15.4. The molecule has 1 aliphatic heterocycles. The lowest BCUT2D eigenvalue weighted by molar-refractivity contribution is -0.180. The number of nitrogens with zero attached hydrogens (tertiary/aromatic N) is 4. The summed E-state index contributed by atoms with van der Waals surface area (Å²) in [6.07, 6.45) is 0.839. The van der Waals surface area contributed by atoms with E-state index in [-0.39, 0.29) is 36.4 Å². The molecule has 9 nitrogen and oxygen atoms in total. The van der Waals surface area contributed by atoms with Crippen molar-refractivity contribution < 1.29 is 26.8 Å². The lowest BCUT2D eigenvalue weighted by Crippen LogP contribution is -2.59. The van der Waals surface area contributed by atoms with E-state index in [2.05, 4.69) is 10.2 Å². The number of carbonyl (C=O) groups excluding carboxylic acids is 1. The molecule has 0 N–H and O–H groups in total. The Hall–Kier alpha value is -3.51. The Bertz CT molecular complexity index is 1880. The van der Waals surface area contributed by atoms with Crippen LogP contribution in [0.1, 0.15) is 60.7 Å². The number of hydrogen-bond acceptors (Lipinski definition) is 7. The number of halogens is 3. The number of benzene rings is 3. The number of hydrogen-bond donors (Lipinski definition) is 0. The molecule has 7 rings (SSSR count). The lowest BCUT2D eigenvalue weighted by Gasteiger charge is -2.49. The fourth-order valence-electron chi connectivity index (χ4n) is 6.44. The number of aromatic nitrogens is 2. The van der Waals surface area contributed by atoms with E-state index in [1.165, 1.54) is 22.5 Å². The quantitative estimate of drug-likeness (QED) is 0.169. The summed E-state index contributed by atoms with van der Waals surface area (Å²) in [5.41, 5.74) is 1.44. The van der Waals surface area contributed by atoms with Crippen LogP contribution < -0.4 is 4.31 Å². The van der Waals surface area contributed by atoms with Crippen LogP contribution in [0, 0.1) is 18.7 Å². The van der Waals surface area contributed by atoms with Crippen molar-refractivity contribution in [3.8, 4) is 0 Å². The Morgan fingerprint density at radius 2 is 1.70 bits per heavy atom. The van der Waals surface area contributed by atoms with Gasteiger partial charge in [0.25, 0.3) is 5.91 Å². The minimum atomic E-state index is -3.92. The van der Waals surface area contributed by atoms with Crippen molar-refractivity contribution in [2.45, 2.75) is 68.6 Å². The standard InChI is InChI=1S/C34H33Cl2FN4O5S/c1-20-38-39-31(45-20)18-30-34(42)41(32(22-11-13-24(35)14-12-22)33(46-30)23-5-4-6-25(36)17-23)29(21-9-10-21)19-40(47(43,44)26-15-16-26)28-8-3-2-7-27(28)37/h2-8,11-14,17,21,26,29-30,32-33H,9-10,15-16,18-19H2,1H3/t29-,30-,32-,33+/m1/s1. The summed E-state index contributed by atoms with van der Waals surface area (Å²) in [6, 6.07) is 19.0. The summed E-state index contributed by atoms with van der Waals surface area (Å²) < 4.78 is 56.9. The van der Waals surface area contributed by atoms with Crippen LogP contribution in [0.5, 0.6) is 0 Å². The summed E-state index contributed by atoms with van der Waals surface area (Å²) >= 11 is 12.8. The van der Waals surface area contributed by atoms with E-state index in [1.54, 1.807) is 42.2 Å². The third-order valence-electron chi connectivity index (χ3n) is 8.99. The molecule has 47 heavy (non-hydrogen) atoms. The van der Waals surface area contributed by atoms with Gasteiger partial charge in [-0.25, -0.2) is 12.8 Å². The first-order valence-corrected chi connectivity index (χ1v) is 17.9. The van der Waals surface area contributed by atoms with Crippen LogP contribution in [-0.4, -0.2) is 53.4 Å². The molecule has 1 aromatic heterocycles. The van der Waals surface area contributed by atoms with Gasteiger partial charge in [0.2, 0.25) is 21.8 Å². The molecule has 4 aromatic rings. The van der Waals surface area contributed by atoms with Crippen molar-refractivity contribution in [3.05, 3.63) is 112 Å². The number of anilines is 1. The summed E-state index contributed by atoms with van der Waals surface area (Å²) in [7, 11) is -3.92. The molecule has 2 aliphatic carbocycles. The number of aryl methyl sites for hydroxylation is 1. The van der Waals surface area contributed by atoms with Crippen molar-refractivity contribution in [2.24, 2.45) is 5.92 Å². The number of ether oxygens (including phenoxy) is 1. The van der Waals surface area contributed by atoms with E-state index in [0.29, 0.717) is 28.8 Å². The Labute approximate surface area is 282 Å². The van der Waals surface area contributed by atoms with Gasteiger partial charge in [-0.1, -0.05) is 59.6 Å². The molecule has 2 heterocycles. The van der Waals surface area contributed by atoms with Crippen LogP contribution in [0.15, 0.2) is 77.2 Å². The van der Waals surface area contributed by atoms with Gasteiger partial charge in [-0.15, -0.1) is 10.2 Å². The number of para-hydroxylation sites is 1. The highest BCUT2D eigenvalue weighted by atomic mass is 35.5. The molecule has 0 bridgehead atoms. The second-order valence-electron chi connectivity index (χ2n) is 12.4. The number of carbonyl (C=O) groups is 1. The summed E-state index contributed by atoms with van der Waals surface area (Å²) in [5, 5.41) is 8.46. The predicted octanol–water partition coefficient (Wildman–Crippen LogP) is 6.85. The van der Waals surface area contributed by atoms with Gasteiger partial charge in [0.15, 0.2) is 0 Å². The summed E-state index contributed by atoms with van der Waals surface area (Å²) in [6.45, 7) is 1.55. The highest BCUT2D eigenvalue weighted by Gasteiger charge is 2.52. The molecule has 0 unspecified atom stereocenters. The van der Waals surface area contributed by atoms with Crippen LogP contribution in [0.25, 0.3) is 0 Å². The third-order valence-corrected chi connectivity index (χ3v) is 11.8. The van der Waals surface area contributed by atoms with Gasteiger partial charge < -0.3 is 14.1 Å². The first-order chi connectivity index (χ1) is 22.6. The lowest BCUT2D eigenvalue weighted by atomic mass is 9.89. The van der Waals surface area contributed by atoms with E-state index in [9.17, 15) is 13.2 Å². The average molecular weight is 700 g/mol. The van der Waals surface area contributed by atoms with Crippen LogP contribution >= 0.6 is 23.2 Å². The zero-order valence-electron chi connectivity index (χ0n) is 25.5. The Kier molecular flexibility index (Phi) is 8.75. The molecule has 3 fully saturated rings. The first kappa shape index (κ1) is 32.1. The van der Waals surface area contributed by atoms with Crippen molar-refractivity contribution in [3.63, 3.8) is 0 Å². The van der Waals surface area contributed by atoms with E-state index < -0.39 is 45.4 Å². The monoisotopic (exact) mass is 698 g/mol. The van der Waals surface area contributed by atoms with Gasteiger partial charge in [-0.3, -0.25) is 9.10 Å². The summed E-state index contributed by atoms with van der Waals surface area (Å²) in [5.74, 6) is -0.430. The van der Waals surface area contributed by atoms with Crippen LogP contribution in [-0.2, 0) is 26.0 Å². The highest BCUT2D eigenvalue weighted by Crippen LogP contribution is 2.49. The number of morpholine rings is 1. The average Bonchev–Trinajstić information content (AvgIpc) is 3.98. The summed E-state index contributed by atoms with van der Waals surface area (Å²) in [4.78, 5) is 16.6. The van der Waals surface area contributed by atoms with E-state index >= 15 is 4.39 Å². The second kappa shape index (κ2) is 12.8. The van der Waals surface area contributed by atoms with Gasteiger partial charge in [-0.05, 0) is 79.1 Å². The van der Waals surface area contributed by atoms with E-state index in [1.807, 2.05) is 24.3 Å². The van der Waals surface area contributed by atoms with E-state index in [4.69, 9.17) is 32.4 Å². The van der Waals surface area contributed by atoms with Crippen molar-refractivity contribution in [1.82, 2.24) is 15.1 Å². The normalized spacial score (nSPS) is 22.3. The van der Waals surface area contributed by atoms with Crippen molar-refractivity contribution in [2.75, 3.05) is 10.8 Å². The molecule has 0 spiro atoms. The predicted molar refractivity (Wildman–Crippen MR) is 175 cm³/mol. The number of rotatable bonds is 11. The molecule has 246 valence electrons. The van der Waals surface area contributed by atoms with Crippen LogP contribution in [0.4, 0.5) is 10.1 Å². The molecular weight excluding hydrogens is 666 g/mol. The number of sulfonamides is 1. The highest BCUT2D eigenvalue weighted by molar-refractivity contribution is 7.93. The zero-order valence-corrected chi connectivity index (χ0v) is 27.8. The topological polar surface area (TPSA) is 106 Å². The van der Waals surface area contributed by atoms with Crippen LogP contribution in [0.3, 0.4) is 0 Å². The largest absolute Gasteiger partial charge is 0.425 e. The SMILES string of the molecule is Cc1nnc(C[C@H]2O[C@@H](c3cccc(Cl)c3)[C@@H](c3ccc(Cl)cc3)N([C@H](CN(c3ccccc3F)S(=O)(=O)C3CC3)C3CC3)C2=O)o1. The minimum Gasteiger partial charge on any atom is -0.425 e. The molecule has 3 aliphatic rings. The fraction of sp³-hybridized carbons (Fsp3) is 0.382. The Morgan fingerprint density at radius 3 is 2.34 bits per heavy atom. The Balaban J connectivity index is 1.37. The number of amides is 1. The second-order valence-corrected chi connectivity index (χ2v) is 15.4. The van der Waals surface area contributed by atoms with Gasteiger partial charge in [0.1, 0.15) is 18.0 Å². The van der Waals surface area contributed by atoms with Gasteiger partial charge in [-0.2, -0.15) is 0 Å². The molecule has 4 atom stereocenters. The van der Waals surface area contributed by atoms with E-state index in [0.717, 1.165) is 24.0 Å². The van der Waals surface area contributed by atoms with Crippen molar-refractivity contribution >= 4 is 44.8 Å². The zero-order chi connectivity index (χ0) is 32.9. The maximum Gasteiger partial charge on any atom is 0.253 e. The van der Waals surface area contributed by atoms with Gasteiger partial charge >= 0.3 is 0 Å². The smallest absolute Gasteiger partial charge is 0.253 e. The minimum absolute atomic E-state index is 0.00929. The molecule has 1 amide bonds. The maximum absolute atomic E-state index is 15.4. The van der Waals surface area contributed by atoms with Crippen molar-refractivity contribution in [1.29, 1.82) is 0 Å². The molecule has 2 saturated carbocycles. The van der Waals surface area contributed by atoms with Gasteiger partial charge in [0.05, 0.1) is 36.0 Å². The third kappa shape index (κ3) is 6.63. The fourth-order valence-corrected chi connectivity index (χ4v) is 8.64. The molecule has 13 heteroatoms. The molecule has 1 saturated heterocycles. The molecular formula is C34H33Cl2FN4O5S. The van der Waals surface area contributed by atoms with Crippen LogP contribution in [0.2, 0.25) is 10.0 Å². The van der Waals surface area contributed by atoms with Gasteiger partial charge in [0, 0.05) is 17.0 Å². The molecule has 3 aromatic carbocycles. The Morgan fingerprint density at radius 1 is 0.957 bits per heavy atom. The first-order valence-electron chi connectivity index (χ1n) is 15.6.